The van der Waals surface area contributed by atoms with Crippen LogP contribution in [0.15, 0.2) is 273 Å². The number of aromatic nitrogens is 4. The first kappa shape index (κ1) is 45.7. The highest BCUT2D eigenvalue weighted by atomic mass is 15.0. The maximum Gasteiger partial charge on any atom is 0.0973 e. The van der Waals surface area contributed by atoms with Gasteiger partial charge in [-0.05, 0) is 146 Å². The summed E-state index contributed by atoms with van der Waals surface area (Å²) < 4.78 is 4.90. The van der Waals surface area contributed by atoms with Gasteiger partial charge in [-0.1, -0.05) is 212 Å². The summed E-state index contributed by atoms with van der Waals surface area (Å²) >= 11 is 0. The smallest absolute Gasteiger partial charge is 0.0973 e. The third-order valence-electron chi connectivity index (χ3n) is 16.6. The van der Waals surface area contributed by atoms with E-state index in [4.69, 9.17) is 9.97 Å². The van der Waals surface area contributed by atoms with Crippen LogP contribution in [-0.2, 0) is 6.42 Å². The summed E-state index contributed by atoms with van der Waals surface area (Å²) in [6.07, 6.45) is 6.67. The van der Waals surface area contributed by atoms with E-state index in [1.54, 1.807) is 0 Å². The quantitative estimate of drug-likeness (QED) is 0.152. The van der Waals surface area contributed by atoms with Crippen molar-refractivity contribution in [1.82, 2.24) is 19.1 Å². The van der Waals surface area contributed by atoms with Crippen LogP contribution in [-0.4, -0.2) is 19.1 Å². The van der Waals surface area contributed by atoms with E-state index in [0.29, 0.717) is 0 Å². The molecule has 4 heteroatoms. The van der Waals surface area contributed by atoms with Crippen LogP contribution in [0.1, 0.15) is 17.7 Å². The molecule has 0 atom stereocenters. The molecule has 1 aliphatic rings. The number of allylic oxidation sites excluding steroid dienone is 1. The second-order valence-corrected chi connectivity index (χ2v) is 21.2. The summed E-state index contributed by atoms with van der Waals surface area (Å²) in [5.74, 6) is 0. The molecule has 4 nitrogen and oxygen atoms in total. The molecule has 0 fully saturated rings. The predicted octanol–water partition coefficient (Wildman–Crippen LogP) is 19.9. The first-order valence-corrected chi connectivity index (χ1v) is 27.7. The van der Waals surface area contributed by atoms with E-state index in [1.165, 1.54) is 99.0 Å². The van der Waals surface area contributed by atoms with Crippen LogP contribution >= 0.6 is 0 Å². The molecule has 0 saturated heterocycles. The predicted molar refractivity (Wildman–Crippen MR) is 336 cm³/mol. The van der Waals surface area contributed by atoms with Gasteiger partial charge >= 0.3 is 0 Å². The Hall–Kier alpha value is -10.4. The van der Waals surface area contributed by atoms with E-state index in [1.807, 2.05) is 12.1 Å². The van der Waals surface area contributed by atoms with E-state index in [2.05, 4.69) is 276 Å². The number of rotatable bonds is 8. The number of benzene rings is 12. The highest BCUT2D eigenvalue weighted by molar-refractivity contribution is 6.09. The number of nitrogens with zero attached hydrogens (tertiary/aromatic N) is 4. The minimum Gasteiger partial charge on any atom is -0.313 e. The normalized spacial score (nSPS) is 12.3. The van der Waals surface area contributed by atoms with Crippen LogP contribution in [0, 0.1) is 0 Å². The Bertz CT molecular complexity index is 4940. The van der Waals surface area contributed by atoms with Gasteiger partial charge in [0.05, 0.1) is 39.0 Å². The van der Waals surface area contributed by atoms with Gasteiger partial charge in [0.2, 0.25) is 0 Å². The van der Waals surface area contributed by atoms with Gasteiger partial charge in [0.1, 0.15) is 0 Å². The van der Waals surface area contributed by atoms with Crippen LogP contribution in [0.5, 0.6) is 0 Å². The molecule has 0 unspecified atom stereocenters. The molecular weight excluding hydrogens is 969 g/mol. The molecule has 0 radical (unpaired) electrons. The Morgan fingerprint density at radius 3 is 1.24 bits per heavy atom. The van der Waals surface area contributed by atoms with Crippen LogP contribution in [0.3, 0.4) is 0 Å². The first-order valence-electron chi connectivity index (χ1n) is 27.7. The van der Waals surface area contributed by atoms with Crippen molar-refractivity contribution >= 4 is 71.4 Å². The van der Waals surface area contributed by atoms with Gasteiger partial charge < -0.3 is 9.13 Å². The topological polar surface area (TPSA) is 35.6 Å². The largest absolute Gasteiger partial charge is 0.313 e. The second-order valence-electron chi connectivity index (χ2n) is 21.2. The van der Waals surface area contributed by atoms with Gasteiger partial charge in [-0.2, -0.15) is 0 Å². The average Bonchev–Trinajstić information content (AvgIpc) is 4.19. The summed E-state index contributed by atoms with van der Waals surface area (Å²) in [4.78, 5) is 10.8. The minimum absolute atomic E-state index is 0.845. The molecule has 12 aromatic carbocycles. The van der Waals surface area contributed by atoms with Gasteiger partial charge in [-0.25, -0.2) is 9.97 Å². The molecule has 0 bridgehead atoms. The fourth-order valence-corrected chi connectivity index (χ4v) is 12.7. The Kier molecular flexibility index (Phi) is 10.7. The third-order valence-corrected chi connectivity index (χ3v) is 16.6. The molecular formula is C76H50N4. The zero-order valence-corrected chi connectivity index (χ0v) is 43.8. The molecule has 0 saturated carbocycles. The summed E-state index contributed by atoms with van der Waals surface area (Å²) in [5.41, 5.74) is 23.3. The van der Waals surface area contributed by atoms with Crippen molar-refractivity contribution in [3.8, 4) is 78.4 Å². The van der Waals surface area contributed by atoms with Crippen molar-refractivity contribution in [2.24, 2.45) is 0 Å². The molecule has 1 aliphatic carbocycles. The molecule has 0 aliphatic heterocycles. The van der Waals surface area contributed by atoms with E-state index in [0.717, 1.165) is 68.8 Å². The first-order chi connectivity index (χ1) is 39.6. The van der Waals surface area contributed by atoms with Gasteiger partial charge in [0, 0.05) is 49.9 Å². The number of hydrogen-bond acceptors (Lipinski definition) is 2. The van der Waals surface area contributed by atoms with Crippen molar-refractivity contribution in [3.05, 3.63) is 284 Å². The number of hydrogen-bond donors (Lipinski definition) is 0. The Morgan fingerprint density at radius 2 is 0.713 bits per heavy atom. The zero-order chi connectivity index (χ0) is 52.7. The molecule has 80 heavy (non-hydrogen) atoms. The maximum absolute atomic E-state index is 5.38. The SMILES string of the molecule is C1=Cc2c(n(-c3ccc(-c4ccc(-c5nc6ccccc6nc5-c5ccc(-c6ccc(-n7c8ccccc8c8ccccc87)cc6-c6ccc7ccccc7c6)cc5)cc4)c(-c4ccc5ccccc5c4)c3)c3ccccc23)CC1. The van der Waals surface area contributed by atoms with E-state index in [9.17, 15) is 0 Å². The lowest BCUT2D eigenvalue weighted by atomic mass is 9.91. The molecule has 16 rings (SSSR count). The number of fused-ring (bicyclic) bond motifs is 9. The highest BCUT2D eigenvalue weighted by Gasteiger charge is 2.22. The minimum atomic E-state index is 0.845. The van der Waals surface area contributed by atoms with Crippen LogP contribution in [0.25, 0.3) is 150 Å². The average molecular weight is 1020 g/mol. The summed E-state index contributed by atoms with van der Waals surface area (Å²) in [7, 11) is 0. The fraction of sp³-hybridized carbons (Fsp3) is 0.0263. The fourth-order valence-electron chi connectivity index (χ4n) is 12.7. The highest BCUT2D eigenvalue weighted by Crippen LogP contribution is 2.43. The van der Waals surface area contributed by atoms with E-state index in [-0.39, 0.29) is 0 Å². The Balaban J connectivity index is 0.801. The molecule has 0 N–H and O–H groups in total. The zero-order valence-electron chi connectivity index (χ0n) is 43.8. The molecule has 3 heterocycles. The summed E-state index contributed by atoms with van der Waals surface area (Å²) in [6.45, 7) is 0. The molecule has 0 amide bonds. The van der Waals surface area contributed by atoms with Gasteiger partial charge in [-0.3, -0.25) is 0 Å². The van der Waals surface area contributed by atoms with Gasteiger partial charge in [-0.15, -0.1) is 0 Å². The van der Waals surface area contributed by atoms with Gasteiger partial charge in [0.15, 0.2) is 0 Å². The standard InChI is InChI=1S/C76H50N4/c1-3-17-55-45-57(39-29-49(55)15-1)67-47-59(79-71-25-11-5-19-63(71)64-20-6-12-26-72(64)79)41-43-61(67)51-31-35-53(36-32-51)75-76(78-70-24-10-9-23-69(70)77-75)54-37-33-52(34-38-54)62-44-42-60(48-68(62)58-40-30-50-16-2-4-18-56(50)46-58)80-73-27-13-7-21-65(73)66-22-8-14-28-74(66)80/h1-13,15-27,29-48H,14,28H2. The molecule has 3 aromatic heterocycles. The van der Waals surface area contributed by atoms with Crippen molar-refractivity contribution in [1.29, 1.82) is 0 Å². The summed E-state index contributed by atoms with van der Waals surface area (Å²) in [5, 5.41) is 8.68. The lowest BCUT2D eigenvalue weighted by Crippen LogP contribution is -2.03. The Morgan fingerprint density at radius 1 is 0.300 bits per heavy atom. The van der Waals surface area contributed by atoms with Crippen molar-refractivity contribution in [2.75, 3.05) is 0 Å². The van der Waals surface area contributed by atoms with E-state index >= 15 is 0 Å². The van der Waals surface area contributed by atoms with Crippen LogP contribution < -0.4 is 0 Å². The number of para-hydroxylation sites is 5. The van der Waals surface area contributed by atoms with E-state index < -0.39 is 0 Å². The molecule has 0 spiro atoms. The monoisotopic (exact) mass is 1020 g/mol. The lowest BCUT2D eigenvalue weighted by molar-refractivity contribution is 0.889. The van der Waals surface area contributed by atoms with Crippen molar-refractivity contribution in [3.63, 3.8) is 0 Å². The van der Waals surface area contributed by atoms with Crippen molar-refractivity contribution in [2.45, 2.75) is 12.8 Å². The lowest BCUT2D eigenvalue weighted by Gasteiger charge is -2.18. The second kappa shape index (κ2) is 18.7. The van der Waals surface area contributed by atoms with Crippen LogP contribution in [0.2, 0.25) is 0 Å². The molecule has 15 aromatic rings. The Labute approximate surface area is 463 Å². The van der Waals surface area contributed by atoms with Crippen LogP contribution in [0.4, 0.5) is 0 Å². The van der Waals surface area contributed by atoms with Gasteiger partial charge in [0.25, 0.3) is 0 Å². The molecule has 374 valence electrons. The maximum atomic E-state index is 5.38. The summed E-state index contributed by atoms with van der Waals surface area (Å²) in [6, 6.07) is 97.3. The third kappa shape index (κ3) is 7.60. The van der Waals surface area contributed by atoms with Crippen molar-refractivity contribution < 1.29 is 0 Å².